The van der Waals surface area contributed by atoms with Crippen molar-refractivity contribution in [2.45, 2.75) is 46.3 Å². The van der Waals surface area contributed by atoms with Crippen LogP contribution in [-0.2, 0) is 9.53 Å². The highest BCUT2D eigenvalue weighted by molar-refractivity contribution is 5.71. The molecule has 0 aliphatic rings. The number of rotatable bonds is 8. The zero-order valence-corrected chi connectivity index (χ0v) is 12.8. The van der Waals surface area contributed by atoms with Gasteiger partial charge < -0.3 is 14.8 Å². The van der Waals surface area contributed by atoms with Gasteiger partial charge in [-0.2, -0.15) is 0 Å². The molecule has 1 N–H and O–H groups in total. The van der Waals surface area contributed by atoms with Crippen molar-refractivity contribution in [1.29, 1.82) is 0 Å². The summed E-state index contributed by atoms with van der Waals surface area (Å²) in [4.78, 5) is 11.5. The number of hydrogen-bond acceptors (Lipinski definition) is 4. The van der Waals surface area contributed by atoms with E-state index in [0.717, 1.165) is 24.3 Å². The lowest BCUT2D eigenvalue weighted by Gasteiger charge is -2.18. The van der Waals surface area contributed by atoms with E-state index in [-0.39, 0.29) is 24.7 Å². The Balaban J connectivity index is 2.63. The first kappa shape index (κ1) is 16.5. The summed E-state index contributed by atoms with van der Waals surface area (Å²) < 4.78 is 10.6. The van der Waals surface area contributed by atoms with Crippen LogP contribution in [-0.4, -0.2) is 25.2 Å². The normalized spacial score (nSPS) is 12.2. The predicted octanol–water partition coefficient (Wildman–Crippen LogP) is 3.08. The number of nitrogens with one attached hydrogen (secondary N) is 1. The topological polar surface area (TPSA) is 47.6 Å². The lowest BCUT2D eigenvalue weighted by molar-refractivity contribution is -0.149. The zero-order valence-electron chi connectivity index (χ0n) is 12.8. The van der Waals surface area contributed by atoms with Gasteiger partial charge in [0.1, 0.15) is 5.75 Å². The Bertz CT molecular complexity index is 418. The molecule has 0 heterocycles. The second kappa shape index (κ2) is 8.59. The molecule has 0 spiro atoms. The van der Waals surface area contributed by atoms with Crippen LogP contribution >= 0.6 is 0 Å². The minimum absolute atomic E-state index is 0.0598. The largest absolute Gasteiger partial charge is 0.482 e. The molecule has 0 aliphatic carbocycles. The summed E-state index contributed by atoms with van der Waals surface area (Å²) >= 11 is 0. The van der Waals surface area contributed by atoms with Gasteiger partial charge in [-0.1, -0.05) is 25.1 Å². The fourth-order valence-corrected chi connectivity index (χ4v) is 1.87. The molecular formula is C16H25NO3. The van der Waals surface area contributed by atoms with Crippen LogP contribution in [0.5, 0.6) is 5.75 Å². The van der Waals surface area contributed by atoms with E-state index in [1.54, 1.807) is 0 Å². The molecule has 1 atom stereocenters. The van der Waals surface area contributed by atoms with E-state index in [2.05, 4.69) is 19.2 Å². The Labute approximate surface area is 121 Å². The summed E-state index contributed by atoms with van der Waals surface area (Å²) in [5.74, 6) is 0.383. The summed E-state index contributed by atoms with van der Waals surface area (Å²) in [5.41, 5.74) is 1.05. The molecule has 0 saturated carbocycles. The van der Waals surface area contributed by atoms with Crippen molar-refractivity contribution < 1.29 is 14.3 Å². The van der Waals surface area contributed by atoms with E-state index in [1.165, 1.54) is 0 Å². The van der Waals surface area contributed by atoms with Gasteiger partial charge in [-0.3, -0.25) is 0 Å². The third kappa shape index (κ3) is 5.61. The van der Waals surface area contributed by atoms with E-state index in [1.807, 2.05) is 38.1 Å². The van der Waals surface area contributed by atoms with Gasteiger partial charge in [0.25, 0.3) is 0 Å². The summed E-state index contributed by atoms with van der Waals surface area (Å²) in [7, 11) is 0. The molecule has 1 aromatic rings. The number of carbonyl (C=O) groups excluding carboxylic acids is 1. The Kier molecular flexibility index (Phi) is 7.09. The van der Waals surface area contributed by atoms with E-state index >= 15 is 0 Å². The smallest absolute Gasteiger partial charge is 0.344 e. The molecular weight excluding hydrogens is 254 g/mol. The number of hydrogen-bond donors (Lipinski definition) is 1. The van der Waals surface area contributed by atoms with Crippen molar-refractivity contribution in [2.24, 2.45) is 0 Å². The fourth-order valence-electron chi connectivity index (χ4n) is 1.87. The average Bonchev–Trinajstić information content (AvgIpc) is 2.42. The molecule has 1 unspecified atom stereocenters. The maximum absolute atomic E-state index is 11.5. The van der Waals surface area contributed by atoms with Crippen molar-refractivity contribution in [3.8, 4) is 5.75 Å². The van der Waals surface area contributed by atoms with E-state index in [4.69, 9.17) is 9.47 Å². The van der Waals surface area contributed by atoms with Crippen molar-refractivity contribution in [3.63, 3.8) is 0 Å². The minimum Gasteiger partial charge on any atom is -0.482 e. The lowest BCUT2D eigenvalue weighted by atomic mass is 10.1. The molecule has 1 rings (SSSR count). The number of para-hydroxylation sites is 1. The highest BCUT2D eigenvalue weighted by Crippen LogP contribution is 2.24. The number of ether oxygens (including phenoxy) is 2. The first-order chi connectivity index (χ1) is 9.54. The van der Waals surface area contributed by atoms with Crippen LogP contribution in [0.3, 0.4) is 0 Å². The summed E-state index contributed by atoms with van der Waals surface area (Å²) in [5, 5.41) is 3.41. The third-order valence-electron chi connectivity index (χ3n) is 2.80. The quantitative estimate of drug-likeness (QED) is 0.743. The molecule has 4 nitrogen and oxygen atoms in total. The van der Waals surface area contributed by atoms with Crippen molar-refractivity contribution in [1.82, 2.24) is 5.32 Å². The molecule has 0 bridgehead atoms. The van der Waals surface area contributed by atoms with Gasteiger partial charge in [-0.15, -0.1) is 0 Å². The Morgan fingerprint density at radius 3 is 2.60 bits per heavy atom. The molecule has 4 heteroatoms. The Morgan fingerprint density at radius 1 is 1.25 bits per heavy atom. The molecule has 0 fully saturated rings. The van der Waals surface area contributed by atoms with Crippen LogP contribution in [0.1, 0.15) is 45.7 Å². The third-order valence-corrected chi connectivity index (χ3v) is 2.80. The van der Waals surface area contributed by atoms with Gasteiger partial charge in [-0.25, -0.2) is 4.79 Å². The summed E-state index contributed by atoms with van der Waals surface area (Å²) in [6, 6.07) is 7.95. The standard InChI is InChI=1S/C16H25NO3/c1-5-10-17-13(4)14-8-6-7-9-15(14)19-11-16(18)20-12(2)3/h6-9,12-13,17H,5,10-11H2,1-4H3. The van der Waals surface area contributed by atoms with Crippen LogP contribution in [0, 0.1) is 0 Å². The first-order valence-corrected chi connectivity index (χ1v) is 7.19. The van der Waals surface area contributed by atoms with Gasteiger partial charge >= 0.3 is 5.97 Å². The molecule has 0 radical (unpaired) electrons. The predicted molar refractivity (Wildman–Crippen MR) is 79.9 cm³/mol. The van der Waals surface area contributed by atoms with Crippen molar-refractivity contribution in [3.05, 3.63) is 29.8 Å². The molecule has 1 aromatic carbocycles. The first-order valence-electron chi connectivity index (χ1n) is 7.19. The minimum atomic E-state index is -0.344. The Morgan fingerprint density at radius 2 is 1.95 bits per heavy atom. The molecule has 0 saturated heterocycles. The molecule has 0 aromatic heterocycles. The molecule has 0 aliphatic heterocycles. The fraction of sp³-hybridized carbons (Fsp3) is 0.562. The number of carbonyl (C=O) groups is 1. The molecule has 20 heavy (non-hydrogen) atoms. The second-order valence-corrected chi connectivity index (χ2v) is 5.04. The van der Waals surface area contributed by atoms with Gasteiger partial charge in [0.2, 0.25) is 0 Å². The maximum atomic E-state index is 11.5. The van der Waals surface area contributed by atoms with Gasteiger partial charge in [-0.05, 0) is 39.8 Å². The highest BCUT2D eigenvalue weighted by Gasteiger charge is 2.12. The summed E-state index contributed by atoms with van der Waals surface area (Å²) in [6.45, 7) is 8.75. The van der Waals surface area contributed by atoms with Crippen LogP contribution in [0.25, 0.3) is 0 Å². The SMILES string of the molecule is CCCNC(C)c1ccccc1OCC(=O)OC(C)C. The van der Waals surface area contributed by atoms with E-state index in [0.29, 0.717) is 0 Å². The van der Waals surface area contributed by atoms with Crippen LogP contribution in [0.4, 0.5) is 0 Å². The van der Waals surface area contributed by atoms with Crippen LogP contribution in [0.15, 0.2) is 24.3 Å². The van der Waals surface area contributed by atoms with Crippen LogP contribution in [0.2, 0.25) is 0 Å². The van der Waals surface area contributed by atoms with Crippen molar-refractivity contribution in [2.75, 3.05) is 13.2 Å². The van der Waals surface area contributed by atoms with Gasteiger partial charge in [0.05, 0.1) is 6.10 Å². The lowest BCUT2D eigenvalue weighted by Crippen LogP contribution is -2.22. The monoisotopic (exact) mass is 279 g/mol. The van der Waals surface area contributed by atoms with E-state index < -0.39 is 0 Å². The average molecular weight is 279 g/mol. The van der Waals surface area contributed by atoms with Crippen LogP contribution < -0.4 is 10.1 Å². The number of benzene rings is 1. The zero-order chi connectivity index (χ0) is 15.0. The highest BCUT2D eigenvalue weighted by atomic mass is 16.6. The molecule has 112 valence electrons. The number of esters is 1. The molecule has 0 amide bonds. The van der Waals surface area contributed by atoms with E-state index in [9.17, 15) is 4.79 Å². The Hall–Kier alpha value is -1.55. The summed E-state index contributed by atoms with van der Waals surface area (Å²) in [6.07, 6.45) is 0.958. The maximum Gasteiger partial charge on any atom is 0.344 e. The van der Waals surface area contributed by atoms with Crippen molar-refractivity contribution >= 4 is 5.97 Å². The van der Waals surface area contributed by atoms with Gasteiger partial charge in [0, 0.05) is 11.6 Å². The second-order valence-electron chi connectivity index (χ2n) is 5.04. The van der Waals surface area contributed by atoms with Gasteiger partial charge in [0.15, 0.2) is 6.61 Å².